The first-order valence-electron chi connectivity index (χ1n) is 6.64. The van der Waals surface area contributed by atoms with Gasteiger partial charge in [0.25, 0.3) is 0 Å². The van der Waals surface area contributed by atoms with Crippen LogP contribution in [0.1, 0.15) is 23.2 Å². The number of benzene rings is 1. The van der Waals surface area contributed by atoms with Gasteiger partial charge in [-0.3, -0.25) is 0 Å². The van der Waals surface area contributed by atoms with Crippen LogP contribution in [0.4, 0.5) is 11.4 Å². The lowest BCUT2D eigenvalue weighted by molar-refractivity contribution is 0.0697. The van der Waals surface area contributed by atoms with E-state index in [1.54, 1.807) is 6.07 Å². The minimum atomic E-state index is -1.01. The number of hydrogen-bond donors (Lipinski definition) is 2. The number of carboxylic acids is 1. The van der Waals surface area contributed by atoms with Crippen LogP contribution in [0.3, 0.4) is 0 Å². The smallest absolute Gasteiger partial charge is 0.337 e. The molecule has 2 rings (SSSR count). The zero-order chi connectivity index (χ0) is 14.9. The molecule has 0 bridgehead atoms. The van der Waals surface area contributed by atoms with E-state index in [-0.39, 0.29) is 5.56 Å². The SMILES string of the molecule is CN(CC1CCCN1C)c1c(Cl)cc(N)cc1C(=O)O. The van der Waals surface area contributed by atoms with Crippen LogP contribution in [0.2, 0.25) is 5.02 Å². The van der Waals surface area contributed by atoms with Gasteiger partial charge in [-0.15, -0.1) is 0 Å². The topological polar surface area (TPSA) is 69.8 Å². The van der Waals surface area contributed by atoms with Crippen LogP contribution < -0.4 is 10.6 Å². The summed E-state index contributed by atoms with van der Waals surface area (Å²) in [5, 5.41) is 9.71. The van der Waals surface area contributed by atoms with Crippen molar-refractivity contribution in [1.29, 1.82) is 0 Å². The van der Waals surface area contributed by atoms with Crippen LogP contribution in [-0.4, -0.2) is 49.2 Å². The number of nitrogens with two attached hydrogens (primary N) is 1. The lowest BCUT2D eigenvalue weighted by Crippen LogP contribution is -2.37. The number of anilines is 2. The van der Waals surface area contributed by atoms with Crippen LogP contribution in [0.5, 0.6) is 0 Å². The van der Waals surface area contributed by atoms with Crippen molar-refractivity contribution in [3.05, 3.63) is 22.7 Å². The molecule has 1 aromatic carbocycles. The molecule has 1 unspecified atom stereocenters. The van der Waals surface area contributed by atoms with E-state index in [1.807, 2.05) is 11.9 Å². The Labute approximate surface area is 123 Å². The van der Waals surface area contributed by atoms with Crippen molar-refractivity contribution in [3.8, 4) is 0 Å². The van der Waals surface area contributed by atoms with Crippen molar-refractivity contribution in [3.63, 3.8) is 0 Å². The fraction of sp³-hybridized carbons (Fsp3) is 0.500. The maximum Gasteiger partial charge on any atom is 0.337 e. The monoisotopic (exact) mass is 297 g/mol. The lowest BCUT2D eigenvalue weighted by atomic mass is 10.1. The summed E-state index contributed by atoms with van der Waals surface area (Å²) in [6.07, 6.45) is 2.30. The predicted molar refractivity (Wildman–Crippen MR) is 81.7 cm³/mol. The molecule has 0 saturated carbocycles. The second kappa shape index (κ2) is 5.89. The van der Waals surface area contributed by atoms with Crippen LogP contribution in [0, 0.1) is 0 Å². The maximum atomic E-state index is 11.4. The molecule has 1 aliphatic rings. The molecule has 3 N–H and O–H groups in total. The van der Waals surface area contributed by atoms with Gasteiger partial charge in [-0.1, -0.05) is 11.6 Å². The van der Waals surface area contributed by atoms with E-state index in [1.165, 1.54) is 12.5 Å². The Balaban J connectivity index is 2.28. The first-order chi connectivity index (χ1) is 9.40. The van der Waals surface area contributed by atoms with Crippen LogP contribution >= 0.6 is 11.6 Å². The number of carbonyl (C=O) groups is 1. The summed E-state index contributed by atoms with van der Waals surface area (Å²) in [6.45, 7) is 1.83. The number of nitrogens with zero attached hydrogens (tertiary/aromatic N) is 2. The summed E-state index contributed by atoms with van der Waals surface area (Å²) >= 11 is 6.20. The van der Waals surface area contributed by atoms with Gasteiger partial charge in [-0.05, 0) is 38.6 Å². The highest BCUT2D eigenvalue weighted by atomic mass is 35.5. The molecule has 0 aromatic heterocycles. The predicted octanol–water partition coefficient (Wildman–Crippen LogP) is 2.15. The molecule has 20 heavy (non-hydrogen) atoms. The van der Waals surface area contributed by atoms with Crippen LogP contribution in [0.15, 0.2) is 12.1 Å². The minimum absolute atomic E-state index is 0.151. The number of nitrogen functional groups attached to an aromatic ring is 1. The normalized spacial score (nSPS) is 19.2. The van der Waals surface area contributed by atoms with E-state index < -0.39 is 5.97 Å². The fourth-order valence-electron chi connectivity index (χ4n) is 2.79. The van der Waals surface area contributed by atoms with Crippen molar-refractivity contribution in [2.24, 2.45) is 0 Å². The summed E-state index contributed by atoms with van der Waals surface area (Å²) in [5.41, 5.74) is 6.73. The Morgan fingerprint density at radius 2 is 2.30 bits per heavy atom. The number of halogens is 1. The Morgan fingerprint density at radius 3 is 2.85 bits per heavy atom. The van der Waals surface area contributed by atoms with Crippen molar-refractivity contribution in [2.45, 2.75) is 18.9 Å². The first-order valence-corrected chi connectivity index (χ1v) is 7.01. The van der Waals surface area contributed by atoms with Gasteiger partial charge < -0.3 is 20.6 Å². The third-order valence-corrected chi connectivity index (χ3v) is 4.14. The summed E-state index contributed by atoms with van der Waals surface area (Å²) < 4.78 is 0. The van der Waals surface area contributed by atoms with Gasteiger partial charge in [0.1, 0.15) is 0 Å². The maximum absolute atomic E-state index is 11.4. The van der Waals surface area contributed by atoms with Crippen molar-refractivity contribution < 1.29 is 9.90 Å². The number of aromatic carboxylic acids is 1. The van der Waals surface area contributed by atoms with Crippen molar-refractivity contribution in [1.82, 2.24) is 4.90 Å². The molecule has 0 radical (unpaired) electrons. The standard InChI is InChI=1S/C14H20ClN3O2/c1-17-5-3-4-10(17)8-18(2)13-11(14(19)20)6-9(16)7-12(13)15/h6-7,10H,3-5,8,16H2,1-2H3,(H,19,20). The molecule has 1 atom stereocenters. The van der Waals surface area contributed by atoms with Gasteiger partial charge in [0.2, 0.25) is 0 Å². The first kappa shape index (κ1) is 14.9. The number of likely N-dealkylation sites (tertiary alicyclic amines) is 1. The molecule has 6 heteroatoms. The molecule has 1 heterocycles. The zero-order valence-corrected chi connectivity index (χ0v) is 12.5. The number of rotatable bonds is 4. The highest BCUT2D eigenvalue weighted by molar-refractivity contribution is 6.34. The molecule has 1 saturated heterocycles. The van der Waals surface area contributed by atoms with E-state index in [9.17, 15) is 9.90 Å². The average Bonchev–Trinajstić information content (AvgIpc) is 2.73. The summed E-state index contributed by atoms with van der Waals surface area (Å²) in [4.78, 5) is 15.6. The molecule has 0 aliphatic carbocycles. The Kier molecular flexibility index (Phi) is 4.40. The van der Waals surface area contributed by atoms with E-state index in [2.05, 4.69) is 11.9 Å². The highest BCUT2D eigenvalue weighted by Gasteiger charge is 2.25. The molecule has 1 fully saturated rings. The molecular weight excluding hydrogens is 278 g/mol. The van der Waals surface area contributed by atoms with E-state index >= 15 is 0 Å². The largest absolute Gasteiger partial charge is 0.478 e. The summed E-state index contributed by atoms with van der Waals surface area (Å²) in [6, 6.07) is 3.48. The quantitative estimate of drug-likeness (QED) is 0.833. The Bertz CT molecular complexity index is 521. The van der Waals surface area contributed by atoms with Gasteiger partial charge >= 0.3 is 5.97 Å². The van der Waals surface area contributed by atoms with Gasteiger partial charge in [0, 0.05) is 25.3 Å². The van der Waals surface area contributed by atoms with Crippen molar-refractivity contribution in [2.75, 3.05) is 37.8 Å². The Morgan fingerprint density at radius 1 is 1.60 bits per heavy atom. The average molecular weight is 298 g/mol. The minimum Gasteiger partial charge on any atom is -0.478 e. The molecule has 0 amide bonds. The fourth-order valence-corrected chi connectivity index (χ4v) is 3.16. The second-order valence-electron chi connectivity index (χ2n) is 5.36. The van der Waals surface area contributed by atoms with Gasteiger partial charge in [-0.2, -0.15) is 0 Å². The van der Waals surface area contributed by atoms with E-state index in [4.69, 9.17) is 17.3 Å². The summed E-state index contributed by atoms with van der Waals surface area (Å²) in [5.74, 6) is -1.01. The van der Waals surface area contributed by atoms with E-state index in [0.29, 0.717) is 22.4 Å². The van der Waals surface area contributed by atoms with Crippen LogP contribution in [-0.2, 0) is 0 Å². The van der Waals surface area contributed by atoms with Gasteiger partial charge in [0.15, 0.2) is 0 Å². The highest BCUT2D eigenvalue weighted by Crippen LogP contribution is 2.32. The molecule has 110 valence electrons. The third-order valence-electron chi connectivity index (χ3n) is 3.85. The zero-order valence-electron chi connectivity index (χ0n) is 11.8. The second-order valence-corrected chi connectivity index (χ2v) is 5.77. The molecule has 5 nitrogen and oxygen atoms in total. The molecule has 1 aromatic rings. The van der Waals surface area contributed by atoms with E-state index in [0.717, 1.165) is 19.5 Å². The molecule has 0 spiro atoms. The summed E-state index contributed by atoms with van der Waals surface area (Å²) in [7, 11) is 3.96. The van der Waals surface area contributed by atoms with Gasteiger partial charge in [-0.25, -0.2) is 4.79 Å². The number of carboxylic acid groups (broad SMARTS) is 1. The Hall–Kier alpha value is -1.46. The van der Waals surface area contributed by atoms with Crippen LogP contribution in [0.25, 0.3) is 0 Å². The molecule has 1 aliphatic heterocycles. The lowest BCUT2D eigenvalue weighted by Gasteiger charge is -2.29. The number of likely N-dealkylation sites (N-methyl/N-ethyl adjacent to an activating group) is 2. The van der Waals surface area contributed by atoms with Gasteiger partial charge in [0.05, 0.1) is 16.3 Å². The van der Waals surface area contributed by atoms with Crippen molar-refractivity contribution >= 4 is 28.9 Å². The molecular formula is C14H20ClN3O2. The third kappa shape index (κ3) is 2.99. The number of hydrogen-bond acceptors (Lipinski definition) is 4.